The Hall–Kier alpha value is -3.88. The van der Waals surface area contributed by atoms with Gasteiger partial charge >= 0.3 is 12.0 Å². The number of urea groups is 1. The fraction of sp³-hybridized carbons (Fsp3) is 0.333. The van der Waals surface area contributed by atoms with Gasteiger partial charge in [-0.25, -0.2) is 9.59 Å². The fourth-order valence-electron chi connectivity index (χ4n) is 2.77. The zero-order chi connectivity index (χ0) is 24.4. The van der Waals surface area contributed by atoms with Crippen molar-refractivity contribution < 1.29 is 23.9 Å². The van der Waals surface area contributed by atoms with E-state index in [9.17, 15) is 19.2 Å². The van der Waals surface area contributed by atoms with Crippen LogP contribution in [-0.4, -0.2) is 43.0 Å². The van der Waals surface area contributed by atoms with Gasteiger partial charge in [0.1, 0.15) is 0 Å². The monoisotopic (exact) mass is 454 g/mol. The standard InChI is InChI=1S/C24H30N4O5/c1-15(2)13-25-22(30)17-9-5-7-11-19(17)27-21(29)14-33-23(31)18-10-6-8-12-20(18)28-24(32)26-16(3)4/h5-12,15-16H,13-14H2,1-4H3,(H,25,30)(H,27,29)(H2,26,28,32). The van der Waals surface area contributed by atoms with Crippen LogP contribution in [-0.2, 0) is 9.53 Å². The molecule has 2 aromatic rings. The highest BCUT2D eigenvalue weighted by atomic mass is 16.5. The third-order valence-electron chi connectivity index (χ3n) is 4.27. The van der Waals surface area contributed by atoms with Gasteiger partial charge in [0.15, 0.2) is 6.61 Å². The number of hydrogen-bond donors (Lipinski definition) is 4. The topological polar surface area (TPSA) is 126 Å². The summed E-state index contributed by atoms with van der Waals surface area (Å²) in [5.41, 5.74) is 0.988. The molecule has 9 heteroatoms. The molecule has 33 heavy (non-hydrogen) atoms. The first-order valence-electron chi connectivity index (χ1n) is 10.7. The van der Waals surface area contributed by atoms with Gasteiger partial charge in [0.25, 0.3) is 11.8 Å². The number of para-hydroxylation sites is 2. The van der Waals surface area contributed by atoms with Crippen LogP contribution in [0, 0.1) is 5.92 Å². The van der Waals surface area contributed by atoms with Crippen molar-refractivity contribution in [3.63, 3.8) is 0 Å². The number of esters is 1. The van der Waals surface area contributed by atoms with E-state index in [-0.39, 0.29) is 29.1 Å². The maximum Gasteiger partial charge on any atom is 0.340 e. The molecule has 0 unspecified atom stereocenters. The second kappa shape index (κ2) is 12.2. The number of carbonyl (C=O) groups excluding carboxylic acids is 4. The lowest BCUT2D eigenvalue weighted by Gasteiger charge is -2.14. The molecule has 0 saturated carbocycles. The lowest BCUT2D eigenvalue weighted by atomic mass is 10.1. The molecule has 0 fully saturated rings. The Balaban J connectivity index is 1.99. The minimum absolute atomic E-state index is 0.0804. The van der Waals surface area contributed by atoms with Crippen molar-refractivity contribution in [2.45, 2.75) is 33.7 Å². The minimum Gasteiger partial charge on any atom is -0.452 e. The number of ether oxygens (including phenoxy) is 1. The van der Waals surface area contributed by atoms with E-state index >= 15 is 0 Å². The molecule has 0 aromatic heterocycles. The molecule has 176 valence electrons. The Morgan fingerprint density at radius 3 is 2.00 bits per heavy atom. The molecule has 4 N–H and O–H groups in total. The largest absolute Gasteiger partial charge is 0.452 e. The number of carbonyl (C=O) groups is 4. The van der Waals surface area contributed by atoms with Crippen molar-refractivity contribution in [1.29, 1.82) is 0 Å². The summed E-state index contributed by atoms with van der Waals surface area (Å²) < 4.78 is 5.12. The summed E-state index contributed by atoms with van der Waals surface area (Å²) >= 11 is 0. The van der Waals surface area contributed by atoms with Gasteiger partial charge in [-0.05, 0) is 44.0 Å². The Morgan fingerprint density at radius 1 is 0.818 bits per heavy atom. The number of amides is 4. The van der Waals surface area contributed by atoms with Crippen LogP contribution >= 0.6 is 0 Å². The molecule has 0 radical (unpaired) electrons. The summed E-state index contributed by atoms with van der Waals surface area (Å²) in [5, 5.41) is 10.7. The van der Waals surface area contributed by atoms with Gasteiger partial charge in [0.05, 0.1) is 22.5 Å². The van der Waals surface area contributed by atoms with Gasteiger partial charge in [-0.1, -0.05) is 38.1 Å². The van der Waals surface area contributed by atoms with Crippen LogP contribution in [0.15, 0.2) is 48.5 Å². The quantitative estimate of drug-likeness (QED) is 0.432. The van der Waals surface area contributed by atoms with E-state index in [1.807, 2.05) is 27.7 Å². The summed E-state index contributed by atoms with van der Waals surface area (Å²) in [6.07, 6.45) is 0. The third kappa shape index (κ3) is 8.29. The van der Waals surface area contributed by atoms with Gasteiger partial charge < -0.3 is 26.0 Å². The lowest BCUT2D eigenvalue weighted by molar-refractivity contribution is -0.119. The summed E-state index contributed by atoms with van der Waals surface area (Å²) in [7, 11) is 0. The molecule has 0 heterocycles. The highest BCUT2D eigenvalue weighted by molar-refractivity contribution is 6.05. The Labute approximate surface area is 193 Å². The summed E-state index contributed by atoms with van der Waals surface area (Å²) in [4.78, 5) is 49.3. The Kier molecular flexibility index (Phi) is 9.41. The van der Waals surface area contributed by atoms with E-state index in [2.05, 4.69) is 21.3 Å². The number of anilines is 2. The first kappa shape index (κ1) is 25.4. The van der Waals surface area contributed by atoms with Crippen molar-refractivity contribution in [2.24, 2.45) is 5.92 Å². The van der Waals surface area contributed by atoms with Crippen molar-refractivity contribution in [3.8, 4) is 0 Å². The van der Waals surface area contributed by atoms with E-state index in [1.54, 1.807) is 42.5 Å². The molecule has 0 aliphatic heterocycles. The van der Waals surface area contributed by atoms with Crippen LogP contribution < -0.4 is 21.3 Å². The van der Waals surface area contributed by atoms with Gasteiger partial charge in [-0.3, -0.25) is 9.59 Å². The summed E-state index contributed by atoms with van der Waals surface area (Å²) in [5.74, 6) is -1.40. The zero-order valence-electron chi connectivity index (χ0n) is 19.2. The van der Waals surface area contributed by atoms with E-state index < -0.39 is 24.5 Å². The predicted octanol–water partition coefficient (Wildman–Crippen LogP) is 3.40. The molecular weight excluding hydrogens is 424 g/mol. The van der Waals surface area contributed by atoms with Crippen molar-refractivity contribution in [1.82, 2.24) is 10.6 Å². The average Bonchev–Trinajstić information content (AvgIpc) is 2.76. The molecule has 9 nitrogen and oxygen atoms in total. The van der Waals surface area contributed by atoms with E-state index in [0.717, 1.165) is 0 Å². The fourth-order valence-corrected chi connectivity index (χ4v) is 2.77. The van der Waals surface area contributed by atoms with Crippen LogP contribution in [0.5, 0.6) is 0 Å². The minimum atomic E-state index is -0.770. The lowest BCUT2D eigenvalue weighted by Crippen LogP contribution is -2.34. The molecule has 0 aliphatic rings. The van der Waals surface area contributed by atoms with E-state index in [0.29, 0.717) is 17.8 Å². The SMILES string of the molecule is CC(C)CNC(=O)c1ccccc1NC(=O)COC(=O)c1ccccc1NC(=O)NC(C)C. The molecule has 0 bridgehead atoms. The molecule has 0 atom stereocenters. The smallest absolute Gasteiger partial charge is 0.340 e. The molecule has 0 spiro atoms. The van der Waals surface area contributed by atoms with E-state index in [4.69, 9.17) is 4.74 Å². The second-order valence-electron chi connectivity index (χ2n) is 8.07. The first-order chi connectivity index (χ1) is 15.7. The maximum atomic E-state index is 12.5. The normalized spacial score (nSPS) is 10.5. The van der Waals surface area contributed by atoms with Crippen LogP contribution in [0.2, 0.25) is 0 Å². The van der Waals surface area contributed by atoms with E-state index in [1.165, 1.54) is 6.07 Å². The second-order valence-corrected chi connectivity index (χ2v) is 8.07. The maximum absolute atomic E-state index is 12.5. The average molecular weight is 455 g/mol. The highest BCUT2D eigenvalue weighted by Crippen LogP contribution is 2.17. The first-order valence-corrected chi connectivity index (χ1v) is 10.7. The van der Waals surface area contributed by atoms with Crippen molar-refractivity contribution in [2.75, 3.05) is 23.8 Å². The molecule has 0 saturated heterocycles. The summed E-state index contributed by atoms with van der Waals surface area (Å²) in [6, 6.07) is 12.4. The van der Waals surface area contributed by atoms with Gasteiger partial charge in [0, 0.05) is 12.6 Å². The predicted molar refractivity (Wildman–Crippen MR) is 126 cm³/mol. The molecule has 4 amide bonds. The number of hydrogen-bond acceptors (Lipinski definition) is 5. The zero-order valence-corrected chi connectivity index (χ0v) is 19.2. The van der Waals surface area contributed by atoms with Crippen molar-refractivity contribution in [3.05, 3.63) is 59.7 Å². The third-order valence-corrected chi connectivity index (χ3v) is 4.27. The van der Waals surface area contributed by atoms with Crippen LogP contribution in [0.25, 0.3) is 0 Å². The number of rotatable bonds is 9. The van der Waals surface area contributed by atoms with Crippen molar-refractivity contribution >= 4 is 35.2 Å². The van der Waals surface area contributed by atoms with Crippen LogP contribution in [0.1, 0.15) is 48.4 Å². The number of benzene rings is 2. The van der Waals surface area contributed by atoms with Gasteiger partial charge in [-0.2, -0.15) is 0 Å². The van der Waals surface area contributed by atoms with Crippen LogP contribution in [0.4, 0.5) is 16.2 Å². The Bertz CT molecular complexity index is 1000. The summed E-state index contributed by atoms with van der Waals surface area (Å²) in [6.45, 7) is 7.52. The molecule has 2 rings (SSSR count). The molecule has 0 aliphatic carbocycles. The molecular formula is C24H30N4O5. The number of nitrogens with one attached hydrogen (secondary N) is 4. The van der Waals surface area contributed by atoms with Crippen LogP contribution in [0.3, 0.4) is 0 Å². The van der Waals surface area contributed by atoms with Gasteiger partial charge in [0.2, 0.25) is 0 Å². The Morgan fingerprint density at radius 2 is 1.39 bits per heavy atom. The molecule has 2 aromatic carbocycles. The highest BCUT2D eigenvalue weighted by Gasteiger charge is 2.18. The van der Waals surface area contributed by atoms with Gasteiger partial charge in [-0.15, -0.1) is 0 Å².